The van der Waals surface area contributed by atoms with Gasteiger partial charge in [0, 0.05) is 25.6 Å². The number of amides is 1. The van der Waals surface area contributed by atoms with Gasteiger partial charge in [-0.25, -0.2) is 13.1 Å². The maximum Gasteiger partial charge on any atom is 0.240 e. The lowest BCUT2D eigenvalue weighted by molar-refractivity contribution is -0.131. The van der Waals surface area contributed by atoms with E-state index in [9.17, 15) is 13.2 Å². The molecule has 6 nitrogen and oxygen atoms in total. The van der Waals surface area contributed by atoms with Crippen LogP contribution >= 0.6 is 12.4 Å². The fourth-order valence-electron chi connectivity index (χ4n) is 3.21. The number of hydrogen-bond acceptors (Lipinski definition) is 4. The summed E-state index contributed by atoms with van der Waals surface area (Å²) in [4.78, 5) is 14.3. The number of carbonyl (C=O) groups excluding carboxylic acids is 1. The number of benzene rings is 1. The summed E-state index contributed by atoms with van der Waals surface area (Å²) in [6, 6.07) is 7.02. The van der Waals surface area contributed by atoms with E-state index in [4.69, 9.17) is 5.73 Å². The molecule has 1 amide bonds. The first-order valence-electron chi connectivity index (χ1n) is 8.83. The first kappa shape index (κ1) is 22.9. The van der Waals surface area contributed by atoms with Crippen LogP contribution in [0.2, 0.25) is 0 Å². The Bertz CT molecular complexity index is 692. The summed E-state index contributed by atoms with van der Waals surface area (Å²) in [7, 11) is -3.59. The van der Waals surface area contributed by atoms with Gasteiger partial charge < -0.3 is 10.6 Å². The number of sulfonamides is 1. The number of carbonyl (C=O) groups is 1. The van der Waals surface area contributed by atoms with Crippen molar-refractivity contribution >= 4 is 28.3 Å². The van der Waals surface area contributed by atoms with Crippen molar-refractivity contribution in [3.63, 3.8) is 0 Å². The lowest BCUT2D eigenvalue weighted by Crippen LogP contribution is -2.37. The number of rotatable bonds is 7. The Hall–Kier alpha value is -1.15. The molecule has 1 aliphatic rings. The SMILES string of the molecule is CC(C)c1ccc(S(=O)(=O)NCCC(=O)N2CC(CN)CC2C)cc1.Cl. The third-order valence-corrected chi connectivity index (χ3v) is 6.28. The molecule has 0 spiro atoms. The van der Waals surface area contributed by atoms with E-state index in [0.717, 1.165) is 12.0 Å². The predicted molar refractivity (Wildman–Crippen MR) is 106 cm³/mol. The minimum atomic E-state index is -3.59. The average molecular weight is 404 g/mol. The highest BCUT2D eigenvalue weighted by atomic mass is 35.5. The van der Waals surface area contributed by atoms with Gasteiger partial charge in [0.1, 0.15) is 0 Å². The Kier molecular flexibility index (Phi) is 8.53. The quantitative estimate of drug-likeness (QED) is 0.729. The molecule has 0 bridgehead atoms. The molecule has 1 heterocycles. The van der Waals surface area contributed by atoms with Crippen molar-refractivity contribution in [2.75, 3.05) is 19.6 Å². The molecule has 0 aromatic heterocycles. The molecule has 0 aliphatic carbocycles. The second-order valence-electron chi connectivity index (χ2n) is 7.10. The van der Waals surface area contributed by atoms with Crippen LogP contribution in [0.25, 0.3) is 0 Å². The third-order valence-electron chi connectivity index (χ3n) is 4.80. The zero-order valence-electron chi connectivity index (χ0n) is 15.6. The molecule has 1 aromatic carbocycles. The number of hydrogen-bond donors (Lipinski definition) is 2. The summed E-state index contributed by atoms with van der Waals surface area (Å²) in [6.45, 7) is 7.47. The number of likely N-dealkylation sites (tertiary alicyclic amines) is 1. The molecule has 0 radical (unpaired) electrons. The summed E-state index contributed by atoms with van der Waals surface area (Å²) in [5.41, 5.74) is 6.77. The lowest BCUT2D eigenvalue weighted by atomic mass is 10.0. The van der Waals surface area contributed by atoms with Gasteiger partial charge in [-0.15, -0.1) is 12.4 Å². The number of nitrogens with two attached hydrogens (primary N) is 1. The maximum absolute atomic E-state index is 12.3. The molecule has 1 aliphatic heterocycles. The number of nitrogens with one attached hydrogen (secondary N) is 1. The van der Waals surface area contributed by atoms with Crippen LogP contribution in [0.15, 0.2) is 29.2 Å². The standard InChI is InChI=1S/C18H29N3O3S.ClH/c1-13(2)16-4-6-17(7-5-16)25(23,24)20-9-8-18(22)21-12-15(11-19)10-14(21)3;/h4-7,13-15,20H,8-12,19H2,1-3H3;1H. The van der Waals surface area contributed by atoms with Crippen molar-refractivity contribution in [3.05, 3.63) is 29.8 Å². The van der Waals surface area contributed by atoms with Gasteiger partial charge in [-0.2, -0.15) is 0 Å². The fourth-order valence-corrected chi connectivity index (χ4v) is 4.24. The van der Waals surface area contributed by atoms with Crippen LogP contribution < -0.4 is 10.5 Å². The first-order valence-corrected chi connectivity index (χ1v) is 10.3. The van der Waals surface area contributed by atoms with Crippen LogP contribution in [-0.4, -0.2) is 44.9 Å². The minimum absolute atomic E-state index is 0. The molecule has 2 atom stereocenters. The Balaban J connectivity index is 0.00000338. The number of nitrogens with zero attached hydrogens (tertiary/aromatic N) is 1. The Morgan fingerprint density at radius 3 is 2.42 bits per heavy atom. The highest BCUT2D eigenvalue weighted by molar-refractivity contribution is 7.89. The molecular formula is C18H30ClN3O3S. The molecule has 2 rings (SSSR count). The largest absolute Gasteiger partial charge is 0.340 e. The van der Waals surface area contributed by atoms with E-state index in [0.29, 0.717) is 24.9 Å². The van der Waals surface area contributed by atoms with Crippen LogP contribution in [0.4, 0.5) is 0 Å². The van der Waals surface area contributed by atoms with Gasteiger partial charge in [-0.05, 0) is 49.4 Å². The molecule has 1 fully saturated rings. The minimum Gasteiger partial charge on any atom is -0.340 e. The molecule has 2 unspecified atom stereocenters. The Morgan fingerprint density at radius 2 is 1.92 bits per heavy atom. The van der Waals surface area contributed by atoms with Crippen molar-refractivity contribution in [1.29, 1.82) is 0 Å². The summed E-state index contributed by atoms with van der Waals surface area (Å²) >= 11 is 0. The van der Waals surface area contributed by atoms with Gasteiger partial charge in [0.25, 0.3) is 0 Å². The van der Waals surface area contributed by atoms with Crippen molar-refractivity contribution in [2.24, 2.45) is 11.7 Å². The summed E-state index contributed by atoms with van der Waals surface area (Å²) < 4.78 is 27.2. The van der Waals surface area contributed by atoms with Crippen LogP contribution in [-0.2, 0) is 14.8 Å². The molecular weight excluding hydrogens is 374 g/mol. The van der Waals surface area contributed by atoms with E-state index in [1.165, 1.54) is 0 Å². The van der Waals surface area contributed by atoms with E-state index in [1.54, 1.807) is 12.1 Å². The van der Waals surface area contributed by atoms with Crippen LogP contribution in [0.3, 0.4) is 0 Å². The van der Waals surface area contributed by atoms with Gasteiger partial charge in [0.05, 0.1) is 4.90 Å². The van der Waals surface area contributed by atoms with Crippen molar-refractivity contribution in [1.82, 2.24) is 9.62 Å². The van der Waals surface area contributed by atoms with Gasteiger partial charge in [-0.1, -0.05) is 26.0 Å². The third kappa shape index (κ3) is 5.67. The zero-order chi connectivity index (χ0) is 18.6. The molecule has 1 aromatic rings. The second kappa shape index (κ2) is 9.69. The van der Waals surface area contributed by atoms with E-state index >= 15 is 0 Å². The predicted octanol–water partition coefficient (Wildman–Crippen LogP) is 2.10. The normalized spacial score (nSPS) is 20.3. The Morgan fingerprint density at radius 1 is 1.31 bits per heavy atom. The van der Waals surface area contributed by atoms with Crippen molar-refractivity contribution < 1.29 is 13.2 Å². The summed E-state index contributed by atoms with van der Waals surface area (Å²) in [6.07, 6.45) is 1.07. The van der Waals surface area contributed by atoms with Crippen LogP contribution in [0.1, 0.15) is 45.1 Å². The van der Waals surface area contributed by atoms with Crippen molar-refractivity contribution in [3.8, 4) is 0 Å². The van der Waals surface area contributed by atoms with Crippen molar-refractivity contribution in [2.45, 2.75) is 50.5 Å². The summed E-state index contributed by atoms with van der Waals surface area (Å²) in [5, 5.41) is 0. The van der Waals surface area contributed by atoms with E-state index in [2.05, 4.69) is 18.6 Å². The van der Waals surface area contributed by atoms with Gasteiger partial charge in [0.15, 0.2) is 0 Å². The molecule has 0 saturated carbocycles. The Labute approximate surface area is 163 Å². The zero-order valence-corrected chi connectivity index (χ0v) is 17.3. The van der Waals surface area contributed by atoms with Gasteiger partial charge in [0.2, 0.25) is 15.9 Å². The first-order chi connectivity index (χ1) is 11.7. The van der Waals surface area contributed by atoms with E-state index < -0.39 is 10.0 Å². The van der Waals surface area contributed by atoms with Crippen LogP contribution in [0.5, 0.6) is 0 Å². The van der Waals surface area contributed by atoms with Gasteiger partial charge >= 0.3 is 0 Å². The lowest BCUT2D eigenvalue weighted by Gasteiger charge is -2.21. The smallest absolute Gasteiger partial charge is 0.240 e. The van der Waals surface area contributed by atoms with E-state index in [1.807, 2.05) is 24.0 Å². The highest BCUT2D eigenvalue weighted by Crippen LogP contribution is 2.22. The molecule has 8 heteroatoms. The van der Waals surface area contributed by atoms with E-state index in [-0.39, 0.29) is 42.2 Å². The monoisotopic (exact) mass is 403 g/mol. The highest BCUT2D eigenvalue weighted by Gasteiger charge is 2.31. The average Bonchev–Trinajstić information content (AvgIpc) is 2.95. The number of halogens is 1. The van der Waals surface area contributed by atoms with Gasteiger partial charge in [-0.3, -0.25) is 4.79 Å². The summed E-state index contributed by atoms with van der Waals surface area (Å²) in [5.74, 6) is 0.665. The fraction of sp³-hybridized carbons (Fsp3) is 0.611. The second-order valence-corrected chi connectivity index (χ2v) is 8.87. The molecule has 148 valence electrons. The molecule has 3 N–H and O–H groups in total. The molecule has 26 heavy (non-hydrogen) atoms. The van der Waals surface area contributed by atoms with Crippen LogP contribution in [0, 0.1) is 5.92 Å². The maximum atomic E-state index is 12.3. The topological polar surface area (TPSA) is 92.5 Å². The molecule has 1 saturated heterocycles.